The Balaban J connectivity index is 2.57. The molecule has 0 radical (unpaired) electrons. The zero-order valence-electron chi connectivity index (χ0n) is 11.8. The molecular weight excluding hydrogens is 339 g/mol. The number of nitrogens with zero attached hydrogens (tertiary/aromatic N) is 1. The van der Waals surface area contributed by atoms with Gasteiger partial charge in [-0.15, -0.1) is 0 Å². The van der Waals surface area contributed by atoms with Crippen molar-refractivity contribution in [2.45, 2.75) is 25.6 Å². The van der Waals surface area contributed by atoms with E-state index in [-0.39, 0.29) is 12.3 Å². The predicted octanol–water partition coefficient (Wildman–Crippen LogP) is 1.76. The van der Waals surface area contributed by atoms with Crippen LogP contribution in [-0.2, 0) is 23.3 Å². The Morgan fingerprint density at radius 2 is 1.70 bits per heavy atom. The first-order chi connectivity index (χ1) is 10.6. The summed E-state index contributed by atoms with van der Waals surface area (Å²) in [4.78, 5) is 3.69. The van der Waals surface area contributed by atoms with Gasteiger partial charge < -0.3 is 14.4 Å². The second-order valence-corrected chi connectivity index (χ2v) is 6.23. The number of aryl methyl sites for hydroxylation is 1. The molecule has 126 valence electrons. The Hall–Kier alpha value is -1.91. The minimum absolute atomic E-state index is 0.217. The van der Waals surface area contributed by atoms with Crippen molar-refractivity contribution >= 4 is 20.9 Å². The van der Waals surface area contributed by atoms with Crippen LogP contribution in [0.3, 0.4) is 0 Å². The van der Waals surface area contributed by atoms with Gasteiger partial charge in [-0.2, -0.15) is 21.6 Å². The summed E-state index contributed by atoms with van der Waals surface area (Å²) in [6.45, 7) is 0.714. The highest BCUT2D eigenvalue weighted by Crippen LogP contribution is 2.30. The second-order valence-electron chi connectivity index (χ2n) is 4.69. The van der Waals surface area contributed by atoms with Crippen LogP contribution in [0.5, 0.6) is 5.88 Å². The standard InChI is InChI=1S/C13H12F3NO5S/c1-7-11-3-10(6-19)9(5-18)2-8(11)4-12(17-7)22-23(20,21)13(14,15)16/h2-4,18-19H,5-6H2,1H3. The average molecular weight is 351 g/mol. The van der Waals surface area contributed by atoms with Crippen molar-refractivity contribution in [1.82, 2.24) is 4.98 Å². The predicted molar refractivity (Wildman–Crippen MR) is 73.9 cm³/mol. The van der Waals surface area contributed by atoms with Crippen LogP contribution in [0, 0.1) is 6.92 Å². The summed E-state index contributed by atoms with van der Waals surface area (Å²) < 4.78 is 63.1. The number of aromatic nitrogens is 1. The number of hydrogen-bond acceptors (Lipinski definition) is 6. The lowest BCUT2D eigenvalue weighted by atomic mass is 10.0. The number of fused-ring (bicyclic) bond motifs is 1. The number of benzene rings is 1. The smallest absolute Gasteiger partial charge is 0.392 e. The first-order valence-corrected chi connectivity index (χ1v) is 7.65. The van der Waals surface area contributed by atoms with Gasteiger partial charge in [0.15, 0.2) is 0 Å². The highest BCUT2D eigenvalue weighted by atomic mass is 32.2. The molecule has 2 N–H and O–H groups in total. The quantitative estimate of drug-likeness (QED) is 0.644. The van der Waals surface area contributed by atoms with Gasteiger partial charge in [-0.1, -0.05) is 0 Å². The van der Waals surface area contributed by atoms with Crippen molar-refractivity contribution in [1.29, 1.82) is 0 Å². The summed E-state index contributed by atoms with van der Waals surface area (Å²) in [6.07, 6.45) is 0. The molecule has 23 heavy (non-hydrogen) atoms. The largest absolute Gasteiger partial charge is 0.534 e. The van der Waals surface area contributed by atoms with Crippen LogP contribution in [-0.4, -0.2) is 29.1 Å². The molecule has 0 aliphatic heterocycles. The van der Waals surface area contributed by atoms with Gasteiger partial charge in [-0.3, -0.25) is 0 Å². The molecule has 2 aromatic rings. The van der Waals surface area contributed by atoms with E-state index in [2.05, 4.69) is 9.17 Å². The maximum absolute atomic E-state index is 12.3. The van der Waals surface area contributed by atoms with Crippen molar-refractivity contribution in [2.75, 3.05) is 0 Å². The van der Waals surface area contributed by atoms with Crippen molar-refractivity contribution in [3.8, 4) is 5.88 Å². The number of hydrogen-bond donors (Lipinski definition) is 2. The normalized spacial score (nSPS) is 12.6. The molecule has 0 spiro atoms. The number of halogens is 3. The van der Waals surface area contributed by atoms with Gasteiger partial charge in [0.25, 0.3) is 0 Å². The van der Waals surface area contributed by atoms with Crippen LogP contribution in [0.1, 0.15) is 16.8 Å². The maximum Gasteiger partial charge on any atom is 0.534 e. The van der Waals surface area contributed by atoms with E-state index in [9.17, 15) is 31.8 Å². The van der Waals surface area contributed by atoms with Crippen LogP contribution >= 0.6 is 0 Å². The van der Waals surface area contributed by atoms with Crippen LogP contribution in [0.2, 0.25) is 0 Å². The number of alkyl halides is 3. The lowest BCUT2D eigenvalue weighted by molar-refractivity contribution is -0.0501. The van der Waals surface area contributed by atoms with E-state index in [1.807, 2.05) is 0 Å². The molecule has 6 nitrogen and oxygen atoms in total. The highest BCUT2D eigenvalue weighted by molar-refractivity contribution is 7.87. The zero-order valence-corrected chi connectivity index (χ0v) is 12.6. The SMILES string of the molecule is Cc1nc(OS(=O)(=O)C(F)(F)F)cc2cc(CO)c(CO)cc12. The first-order valence-electron chi connectivity index (χ1n) is 6.24. The minimum atomic E-state index is -5.82. The third-order valence-electron chi connectivity index (χ3n) is 3.14. The molecule has 0 atom stereocenters. The summed E-state index contributed by atoms with van der Waals surface area (Å²) >= 11 is 0. The van der Waals surface area contributed by atoms with Crippen molar-refractivity contribution < 1.29 is 36.0 Å². The van der Waals surface area contributed by atoms with E-state index >= 15 is 0 Å². The third-order valence-corrected chi connectivity index (χ3v) is 4.09. The van der Waals surface area contributed by atoms with E-state index in [0.29, 0.717) is 21.9 Å². The fourth-order valence-electron chi connectivity index (χ4n) is 2.03. The molecular formula is C13H12F3NO5S. The number of pyridine rings is 1. The van der Waals surface area contributed by atoms with Crippen molar-refractivity contribution in [2.24, 2.45) is 0 Å². The summed E-state index contributed by atoms with van der Waals surface area (Å²) in [5.74, 6) is -0.729. The molecule has 1 aromatic heterocycles. The van der Waals surface area contributed by atoms with Gasteiger partial charge in [-0.25, -0.2) is 4.98 Å². The topological polar surface area (TPSA) is 96.7 Å². The maximum atomic E-state index is 12.3. The Kier molecular flexibility index (Phi) is 4.51. The lowest BCUT2D eigenvalue weighted by Crippen LogP contribution is -2.28. The Morgan fingerprint density at radius 3 is 2.22 bits per heavy atom. The molecule has 0 saturated carbocycles. The molecule has 0 unspecified atom stereocenters. The first kappa shape index (κ1) is 17.4. The molecule has 0 aliphatic rings. The van der Waals surface area contributed by atoms with Gasteiger partial charge in [-0.05, 0) is 35.6 Å². The summed E-state index contributed by atoms with van der Waals surface area (Å²) in [6, 6.07) is 3.96. The van der Waals surface area contributed by atoms with E-state index < -0.39 is 28.1 Å². The van der Waals surface area contributed by atoms with Crippen LogP contribution in [0.4, 0.5) is 13.2 Å². The second kappa shape index (κ2) is 5.95. The molecule has 0 bridgehead atoms. The molecule has 10 heteroatoms. The van der Waals surface area contributed by atoms with Gasteiger partial charge >= 0.3 is 15.6 Å². The Labute approximate surface area is 129 Å². The minimum Gasteiger partial charge on any atom is -0.392 e. The number of aliphatic hydroxyl groups excluding tert-OH is 2. The molecule has 0 aliphatic carbocycles. The zero-order chi connectivity index (χ0) is 17.4. The highest BCUT2D eigenvalue weighted by Gasteiger charge is 2.48. The third kappa shape index (κ3) is 3.38. The molecule has 0 fully saturated rings. The molecule has 0 amide bonds. The number of aliphatic hydroxyl groups is 2. The fourth-order valence-corrected chi connectivity index (χ4v) is 2.43. The summed E-state index contributed by atoms with van der Waals surface area (Å²) in [5.41, 5.74) is -4.56. The average Bonchev–Trinajstić information content (AvgIpc) is 2.44. The molecule has 2 rings (SSSR count). The molecule has 1 aromatic carbocycles. The van der Waals surface area contributed by atoms with E-state index in [4.69, 9.17) is 0 Å². The van der Waals surface area contributed by atoms with Crippen molar-refractivity contribution in [3.63, 3.8) is 0 Å². The van der Waals surface area contributed by atoms with E-state index in [1.165, 1.54) is 19.1 Å². The van der Waals surface area contributed by atoms with E-state index in [1.54, 1.807) is 0 Å². The van der Waals surface area contributed by atoms with E-state index in [0.717, 1.165) is 6.07 Å². The monoisotopic (exact) mass is 351 g/mol. The fraction of sp³-hybridized carbons (Fsp3) is 0.308. The van der Waals surface area contributed by atoms with Gasteiger partial charge in [0.05, 0.1) is 13.2 Å². The van der Waals surface area contributed by atoms with Gasteiger partial charge in [0.1, 0.15) is 0 Å². The summed E-state index contributed by atoms with van der Waals surface area (Å²) in [7, 11) is -5.82. The van der Waals surface area contributed by atoms with Gasteiger partial charge in [0.2, 0.25) is 5.88 Å². The number of rotatable bonds is 4. The van der Waals surface area contributed by atoms with Crippen LogP contribution < -0.4 is 4.18 Å². The van der Waals surface area contributed by atoms with Crippen LogP contribution in [0.25, 0.3) is 10.8 Å². The van der Waals surface area contributed by atoms with Crippen LogP contribution in [0.15, 0.2) is 18.2 Å². The van der Waals surface area contributed by atoms with Gasteiger partial charge in [0, 0.05) is 17.1 Å². The van der Waals surface area contributed by atoms with Crippen molar-refractivity contribution in [3.05, 3.63) is 35.0 Å². The molecule has 1 heterocycles. The summed E-state index contributed by atoms with van der Waals surface area (Å²) in [5, 5.41) is 19.3. The molecule has 0 saturated heterocycles. The Morgan fingerprint density at radius 1 is 1.13 bits per heavy atom. The Bertz CT molecular complexity index is 849. The lowest BCUT2D eigenvalue weighted by Gasteiger charge is -2.12.